The molecule has 0 spiro atoms. The van der Waals surface area contributed by atoms with Crippen LogP contribution in [-0.4, -0.2) is 10.9 Å². The molecule has 2 aromatic rings. The Hall–Kier alpha value is -1.87. The Bertz CT molecular complexity index is 581. The Labute approximate surface area is 102 Å². The number of phenols is 1. The first kappa shape index (κ1) is 11.6. The summed E-state index contributed by atoms with van der Waals surface area (Å²) in [6, 6.07) is 9.81. The Morgan fingerprint density at radius 3 is 2.47 bits per heavy atom. The van der Waals surface area contributed by atoms with Gasteiger partial charge in [0.2, 0.25) is 0 Å². The van der Waals surface area contributed by atoms with Crippen molar-refractivity contribution in [3.63, 3.8) is 0 Å². The van der Waals surface area contributed by atoms with Gasteiger partial charge in [-0.3, -0.25) is 4.79 Å². The van der Waals surface area contributed by atoms with Crippen LogP contribution in [0.2, 0.25) is 5.02 Å². The van der Waals surface area contributed by atoms with E-state index >= 15 is 0 Å². The third kappa shape index (κ3) is 2.29. The molecule has 0 saturated carbocycles. The number of aromatic hydroxyl groups is 1. The highest BCUT2D eigenvalue weighted by atomic mass is 35.5. The van der Waals surface area contributed by atoms with Crippen LogP contribution in [0.1, 0.15) is 15.9 Å². The Morgan fingerprint density at radius 2 is 1.82 bits per heavy atom. The van der Waals surface area contributed by atoms with E-state index in [-0.39, 0.29) is 21.9 Å². The molecule has 17 heavy (non-hydrogen) atoms. The molecule has 4 heteroatoms. The topological polar surface area (TPSA) is 37.3 Å². The number of halogens is 2. The molecule has 0 amide bonds. The molecular formula is C13H8ClFO2. The van der Waals surface area contributed by atoms with Crippen LogP contribution in [0.3, 0.4) is 0 Å². The normalized spacial score (nSPS) is 10.2. The number of carbonyl (C=O) groups is 1. The number of benzene rings is 2. The molecule has 86 valence electrons. The molecule has 0 aliphatic rings. The van der Waals surface area contributed by atoms with Crippen molar-refractivity contribution < 1.29 is 14.3 Å². The standard InChI is InChI=1S/C13H8ClFO2/c14-11-4-2-1-3-9(11)13(17)10-6-5-8(16)7-12(10)15/h1-7,16H. The zero-order valence-electron chi connectivity index (χ0n) is 8.65. The molecule has 0 radical (unpaired) electrons. The highest BCUT2D eigenvalue weighted by Gasteiger charge is 2.16. The summed E-state index contributed by atoms with van der Waals surface area (Å²) in [6.07, 6.45) is 0. The van der Waals surface area contributed by atoms with E-state index in [1.165, 1.54) is 18.2 Å². The van der Waals surface area contributed by atoms with Gasteiger partial charge in [-0.1, -0.05) is 23.7 Å². The number of rotatable bonds is 2. The van der Waals surface area contributed by atoms with Gasteiger partial charge in [0.05, 0.1) is 10.6 Å². The van der Waals surface area contributed by atoms with Gasteiger partial charge in [0, 0.05) is 11.6 Å². The molecule has 0 aliphatic heterocycles. The second-order valence-corrected chi connectivity index (χ2v) is 3.88. The molecule has 0 aromatic heterocycles. The van der Waals surface area contributed by atoms with E-state index < -0.39 is 11.6 Å². The van der Waals surface area contributed by atoms with E-state index in [4.69, 9.17) is 16.7 Å². The van der Waals surface area contributed by atoms with Gasteiger partial charge in [0.1, 0.15) is 11.6 Å². The van der Waals surface area contributed by atoms with Crippen LogP contribution in [0.15, 0.2) is 42.5 Å². The lowest BCUT2D eigenvalue weighted by Crippen LogP contribution is -2.04. The van der Waals surface area contributed by atoms with Crippen molar-refractivity contribution >= 4 is 17.4 Å². The largest absolute Gasteiger partial charge is 0.508 e. The maximum absolute atomic E-state index is 13.5. The number of ketones is 1. The van der Waals surface area contributed by atoms with Gasteiger partial charge >= 0.3 is 0 Å². The average Bonchev–Trinajstić information content (AvgIpc) is 2.29. The molecule has 2 aromatic carbocycles. The highest BCUT2D eigenvalue weighted by molar-refractivity contribution is 6.35. The lowest BCUT2D eigenvalue weighted by Gasteiger charge is -2.04. The van der Waals surface area contributed by atoms with Crippen LogP contribution in [0.25, 0.3) is 0 Å². The number of phenolic OH excluding ortho intramolecular Hbond substituents is 1. The molecular weight excluding hydrogens is 243 g/mol. The van der Waals surface area contributed by atoms with Crippen LogP contribution >= 0.6 is 11.6 Å². The van der Waals surface area contributed by atoms with Gasteiger partial charge in [0.15, 0.2) is 5.78 Å². The molecule has 0 heterocycles. The molecule has 1 N–H and O–H groups in total. The van der Waals surface area contributed by atoms with E-state index in [1.54, 1.807) is 18.2 Å². The second kappa shape index (κ2) is 4.55. The van der Waals surface area contributed by atoms with Crippen molar-refractivity contribution in [2.45, 2.75) is 0 Å². The van der Waals surface area contributed by atoms with Crippen LogP contribution in [-0.2, 0) is 0 Å². The number of carbonyl (C=O) groups excluding carboxylic acids is 1. The predicted molar refractivity (Wildman–Crippen MR) is 62.9 cm³/mol. The first-order valence-electron chi connectivity index (χ1n) is 4.87. The van der Waals surface area contributed by atoms with Gasteiger partial charge in [-0.25, -0.2) is 4.39 Å². The minimum absolute atomic E-state index is 0.115. The van der Waals surface area contributed by atoms with E-state index in [9.17, 15) is 9.18 Å². The summed E-state index contributed by atoms with van der Waals surface area (Å²) in [5.41, 5.74) is 0.120. The monoisotopic (exact) mass is 250 g/mol. The Morgan fingerprint density at radius 1 is 1.12 bits per heavy atom. The molecule has 0 bridgehead atoms. The average molecular weight is 251 g/mol. The third-order valence-electron chi connectivity index (χ3n) is 2.32. The molecule has 0 saturated heterocycles. The molecule has 0 fully saturated rings. The first-order chi connectivity index (χ1) is 8.09. The fourth-order valence-electron chi connectivity index (χ4n) is 1.48. The van der Waals surface area contributed by atoms with Crippen molar-refractivity contribution in [3.05, 3.63) is 64.4 Å². The third-order valence-corrected chi connectivity index (χ3v) is 2.65. The van der Waals surface area contributed by atoms with Crippen molar-refractivity contribution in [2.75, 3.05) is 0 Å². The first-order valence-corrected chi connectivity index (χ1v) is 5.25. The summed E-state index contributed by atoms with van der Waals surface area (Å²) in [5, 5.41) is 9.34. The van der Waals surface area contributed by atoms with E-state index in [0.29, 0.717) is 0 Å². The van der Waals surface area contributed by atoms with E-state index in [2.05, 4.69) is 0 Å². The Kier molecular flexibility index (Phi) is 3.11. The maximum Gasteiger partial charge on any atom is 0.197 e. The summed E-state index contributed by atoms with van der Waals surface area (Å²) < 4.78 is 13.5. The van der Waals surface area contributed by atoms with Gasteiger partial charge in [-0.2, -0.15) is 0 Å². The van der Waals surface area contributed by atoms with Crippen LogP contribution in [0.5, 0.6) is 5.75 Å². The summed E-state index contributed by atoms with van der Waals surface area (Å²) in [6.45, 7) is 0. The predicted octanol–water partition coefficient (Wildman–Crippen LogP) is 3.42. The number of hydrogen-bond donors (Lipinski definition) is 1. The molecule has 2 rings (SSSR count). The smallest absolute Gasteiger partial charge is 0.197 e. The lowest BCUT2D eigenvalue weighted by molar-refractivity contribution is 0.103. The van der Waals surface area contributed by atoms with Gasteiger partial charge in [-0.15, -0.1) is 0 Å². The molecule has 0 atom stereocenters. The fraction of sp³-hybridized carbons (Fsp3) is 0. The molecule has 0 aliphatic carbocycles. The summed E-state index contributed by atoms with van der Waals surface area (Å²) >= 11 is 5.86. The minimum atomic E-state index is -0.769. The lowest BCUT2D eigenvalue weighted by atomic mass is 10.0. The van der Waals surface area contributed by atoms with Crippen molar-refractivity contribution in [2.24, 2.45) is 0 Å². The van der Waals surface area contributed by atoms with Gasteiger partial charge < -0.3 is 5.11 Å². The van der Waals surface area contributed by atoms with E-state index in [0.717, 1.165) is 6.07 Å². The summed E-state index contributed by atoms with van der Waals surface area (Å²) in [5.74, 6) is -1.50. The van der Waals surface area contributed by atoms with Gasteiger partial charge in [0.25, 0.3) is 0 Å². The van der Waals surface area contributed by atoms with Crippen molar-refractivity contribution in [1.82, 2.24) is 0 Å². The quantitative estimate of drug-likeness (QED) is 0.830. The van der Waals surface area contributed by atoms with Crippen molar-refractivity contribution in [3.8, 4) is 5.75 Å². The van der Waals surface area contributed by atoms with E-state index in [1.807, 2.05) is 0 Å². The summed E-state index contributed by atoms with van der Waals surface area (Å²) in [4.78, 5) is 12.0. The molecule has 2 nitrogen and oxygen atoms in total. The summed E-state index contributed by atoms with van der Waals surface area (Å²) in [7, 11) is 0. The Balaban J connectivity index is 2.48. The SMILES string of the molecule is O=C(c1ccc(O)cc1F)c1ccccc1Cl. The number of hydrogen-bond acceptors (Lipinski definition) is 2. The van der Waals surface area contributed by atoms with Crippen molar-refractivity contribution in [1.29, 1.82) is 0 Å². The molecule has 0 unspecified atom stereocenters. The maximum atomic E-state index is 13.5. The van der Waals surface area contributed by atoms with Crippen LogP contribution < -0.4 is 0 Å². The van der Waals surface area contributed by atoms with Crippen LogP contribution in [0.4, 0.5) is 4.39 Å². The highest BCUT2D eigenvalue weighted by Crippen LogP contribution is 2.22. The zero-order chi connectivity index (χ0) is 12.4. The van der Waals surface area contributed by atoms with Gasteiger partial charge in [-0.05, 0) is 24.3 Å². The minimum Gasteiger partial charge on any atom is -0.508 e. The second-order valence-electron chi connectivity index (χ2n) is 3.47. The fourth-order valence-corrected chi connectivity index (χ4v) is 1.70. The zero-order valence-corrected chi connectivity index (χ0v) is 9.41. The van der Waals surface area contributed by atoms with Crippen LogP contribution in [0, 0.1) is 5.82 Å².